The van der Waals surface area contributed by atoms with Gasteiger partial charge in [0.25, 0.3) is 0 Å². The van der Waals surface area contributed by atoms with E-state index in [1.165, 1.54) is 24.3 Å². The van der Waals surface area contributed by atoms with Crippen molar-refractivity contribution < 1.29 is 14.0 Å². The van der Waals surface area contributed by atoms with Crippen molar-refractivity contribution in [3.63, 3.8) is 0 Å². The zero-order valence-corrected chi connectivity index (χ0v) is 14.9. The lowest BCUT2D eigenvalue weighted by atomic mass is 9.97. The lowest BCUT2D eigenvalue weighted by Crippen LogP contribution is -2.48. The fraction of sp³-hybridized carbons (Fsp3) is 0.529. The van der Waals surface area contributed by atoms with E-state index in [0.29, 0.717) is 12.2 Å². The summed E-state index contributed by atoms with van der Waals surface area (Å²) in [6.07, 6.45) is 1.83. The molecule has 0 spiro atoms. The van der Waals surface area contributed by atoms with Gasteiger partial charge in [-0.1, -0.05) is 0 Å². The minimum Gasteiger partial charge on any atom is -0.331 e. The van der Waals surface area contributed by atoms with E-state index < -0.39 is 0 Å². The number of carbonyl (C=O) groups excluding carboxylic acids is 2. The first-order chi connectivity index (χ1) is 11.0. The maximum atomic E-state index is 12.9. The number of piperidine rings is 1. The molecule has 1 aliphatic heterocycles. The maximum absolute atomic E-state index is 12.9. The summed E-state index contributed by atoms with van der Waals surface area (Å²) in [5.74, 6) is -0.680. The molecular weight excluding hydrogens is 333 g/mol. The third kappa shape index (κ3) is 5.76. The molecular formula is C17H25ClFN3O2. The van der Waals surface area contributed by atoms with Gasteiger partial charge in [-0.05, 0) is 57.5 Å². The van der Waals surface area contributed by atoms with Crippen LogP contribution in [0.4, 0.5) is 10.1 Å². The number of anilines is 1. The molecule has 0 saturated carbocycles. The Hall–Kier alpha value is -1.66. The van der Waals surface area contributed by atoms with Gasteiger partial charge in [-0.25, -0.2) is 4.39 Å². The van der Waals surface area contributed by atoms with E-state index in [-0.39, 0.29) is 48.5 Å². The fourth-order valence-corrected chi connectivity index (χ4v) is 2.70. The Labute approximate surface area is 148 Å². The van der Waals surface area contributed by atoms with Crippen molar-refractivity contribution in [3.8, 4) is 0 Å². The summed E-state index contributed by atoms with van der Waals surface area (Å²) < 4.78 is 12.9. The predicted octanol–water partition coefficient (Wildman–Crippen LogP) is 2.42. The summed E-state index contributed by atoms with van der Waals surface area (Å²) in [6.45, 7) is 5.42. The highest BCUT2D eigenvalue weighted by atomic mass is 35.5. The Kier molecular flexibility index (Phi) is 8.15. The van der Waals surface area contributed by atoms with E-state index >= 15 is 0 Å². The number of nitrogens with one attached hydrogen (secondary N) is 2. The molecule has 2 rings (SSSR count). The molecule has 1 aromatic rings. The summed E-state index contributed by atoms with van der Waals surface area (Å²) in [6, 6.07) is 5.52. The van der Waals surface area contributed by atoms with Gasteiger partial charge in [0.05, 0.1) is 5.92 Å². The summed E-state index contributed by atoms with van der Waals surface area (Å²) in [4.78, 5) is 26.4. The highest BCUT2D eigenvalue weighted by Gasteiger charge is 2.28. The van der Waals surface area contributed by atoms with Crippen molar-refractivity contribution in [3.05, 3.63) is 30.1 Å². The quantitative estimate of drug-likeness (QED) is 0.850. The number of nitrogens with zero attached hydrogens (tertiary/aromatic N) is 1. The second kappa shape index (κ2) is 9.59. The van der Waals surface area contributed by atoms with Crippen LogP contribution in [0.5, 0.6) is 0 Å². The number of halogens is 2. The van der Waals surface area contributed by atoms with Crippen LogP contribution in [0.25, 0.3) is 0 Å². The van der Waals surface area contributed by atoms with Crippen molar-refractivity contribution in [1.29, 1.82) is 0 Å². The number of hydrogen-bond donors (Lipinski definition) is 2. The largest absolute Gasteiger partial charge is 0.331 e. The lowest BCUT2D eigenvalue weighted by Gasteiger charge is -2.32. The topological polar surface area (TPSA) is 61.4 Å². The van der Waals surface area contributed by atoms with Crippen LogP contribution in [0, 0.1) is 11.7 Å². The van der Waals surface area contributed by atoms with E-state index in [9.17, 15) is 14.0 Å². The van der Waals surface area contributed by atoms with Crippen molar-refractivity contribution >= 4 is 29.9 Å². The van der Waals surface area contributed by atoms with Crippen LogP contribution >= 0.6 is 12.4 Å². The summed E-state index contributed by atoms with van der Waals surface area (Å²) in [5.41, 5.74) is 0.520. The van der Waals surface area contributed by atoms with Crippen LogP contribution in [0.15, 0.2) is 24.3 Å². The highest BCUT2D eigenvalue weighted by molar-refractivity contribution is 5.94. The van der Waals surface area contributed by atoms with Gasteiger partial charge in [0.1, 0.15) is 12.4 Å². The molecule has 7 heteroatoms. The molecule has 5 nitrogen and oxygen atoms in total. The fourth-order valence-electron chi connectivity index (χ4n) is 2.70. The molecule has 1 atom stereocenters. The van der Waals surface area contributed by atoms with Gasteiger partial charge in [0.2, 0.25) is 11.8 Å². The third-order valence-corrected chi connectivity index (χ3v) is 3.99. The van der Waals surface area contributed by atoms with Gasteiger partial charge in [-0.3, -0.25) is 9.59 Å². The molecule has 1 unspecified atom stereocenters. The van der Waals surface area contributed by atoms with E-state index in [2.05, 4.69) is 10.6 Å². The molecule has 0 aromatic heterocycles. The molecule has 0 aliphatic carbocycles. The van der Waals surface area contributed by atoms with Gasteiger partial charge in [-0.2, -0.15) is 0 Å². The van der Waals surface area contributed by atoms with Crippen LogP contribution in [-0.4, -0.2) is 42.4 Å². The van der Waals surface area contributed by atoms with Gasteiger partial charge in [0, 0.05) is 18.3 Å². The number of carbonyl (C=O) groups is 2. The normalized spacial score (nSPS) is 17.1. The van der Waals surface area contributed by atoms with E-state index in [0.717, 1.165) is 19.4 Å². The molecule has 2 amide bonds. The standard InChI is InChI=1S/C17H24FN3O2.ClH/c1-12(2)21(17(23)13-4-3-9-19-10-13)11-16(22)20-15-7-5-14(18)6-8-15;/h5-8,12-13,19H,3-4,9-11H2,1-2H3,(H,20,22);1H. The van der Waals surface area contributed by atoms with Gasteiger partial charge >= 0.3 is 0 Å². The number of amides is 2. The maximum Gasteiger partial charge on any atom is 0.244 e. The van der Waals surface area contributed by atoms with Crippen LogP contribution in [0.1, 0.15) is 26.7 Å². The predicted molar refractivity (Wildman–Crippen MR) is 94.7 cm³/mol. The molecule has 134 valence electrons. The SMILES string of the molecule is CC(C)N(CC(=O)Nc1ccc(F)cc1)C(=O)C1CCCNC1.Cl. The molecule has 1 fully saturated rings. The minimum atomic E-state index is -0.355. The van der Waals surface area contributed by atoms with E-state index in [1.807, 2.05) is 13.8 Å². The monoisotopic (exact) mass is 357 g/mol. The third-order valence-electron chi connectivity index (χ3n) is 3.99. The Balaban J connectivity index is 0.00000288. The molecule has 2 N–H and O–H groups in total. The van der Waals surface area contributed by atoms with Crippen LogP contribution in [0.3, 0.4) is 0 Å². The van der Waals surface area contributed by atoms with Gasteiger partial charge in [-0.15, -0.1) is 12.4 Å². The summed E-state index contributed by atoms with van der Waals surface area (Å²) in [7, 11) is 0. The smallest absolute Gasteiger partial charge is 0.244 e. The minimum absolute atomic E-state index is 0. The zero-order valence-electron chi connectivity index (χ0n) is 14.0. The molecule has 1 saturated heterocycles. The molecule has 24 heavy (non-hydrogen) atoms. The second-order valence-electron chi connectivity index (χ2n) is 6.16. The Morgan fingerprint density at radius 2 is 2.00 bits per heavy atom. The Morgan fingerprint density at radius 1 is 1.33 bits per heavy atom. The van der Waals surface area contributed by atoms with Gasteiger partial charge < -0.3 is 15.5 Å². The first-order valence-corrected chi connectivity index (χ1v) is 8.04. The first kappa shape index (κ1) is 20.4. The Bertz CT molecular complexity index is 545. The molecule has 0 radical (unpaired) electrons. The zero-order chi connectivity index (χ0) is 16.8. The highest BCUT2D eigenvalue weighted by Crippen LogP contribution is 2.16. The van der Waals surface area contributed by atoms with Crippen LogP contribution in [-0.2, 0) is 9.59 Å². The summed E-state index contributed by atoms with van der Waals surface area (Å²) >= 11 is 0. The van der Waals surface area contributed by atoms with Crippen molar-refractivity contribution in [1.82, 2.24) is 10.2 Å². The average molecular weight is 358 g/mol. The number of hydrogen-bond acceptors (Lipinski definition) is 3. The van der Waals surface area contributed by atoms with E-state index in [1.54, 1.807) is 4.90 Å². The summed E-state index contributed by atoms with van der Waals surface area (Å²) in [5, 5.41) is 5.92. The van der Waals surface area contributed by atoms with Crippen molar-refractivity contribution in [2.75, 3.05) is 25.0 Å². The van der Waals surface area contributed by atoms with E-state index in [4.69, 9.17) is 0 Å². The second-order valence-corrected chi connectivity index (χ2v) is 6.16. The number of benzene rings is 1. The lowest BCUT2D eigenvalue weighted by molar-refractivity contribution is -0.140. The molecule has 1 aliphatic rings. The van der Waals surface area contributed by atoms with Crippen molar-refractivity contribution in [2.45, 2.75) is 32.7 Å². The van der Waals surface area contributed by atoms with Crippen molar-refractivity contribution in [2.24, 2.45) is 5.92 Å². The molecule has 1 heterocycles. The van der Waals surface area contributed by atoms with Crippen LogP contribution < -0.4 is 10.6 Å². The van der Waals surface area contributed by atoms with Gasteiger partial charge in [0.15, 0.2) is 0 Å². The first-order valence-electron chi connectivity index (χ1n) is 8.04. The number of rotatable bonds is 5. The Morgan fingerprint density at radius 3 is 2.54 bits per heavy atom. The molecule has 1 aromatic carbocycles. The molecule has 0 bridgehead atoms. The van der Waals surface area contributed by atoms with Crippen LogP contribution in [0.2, 0.25) is 0 Å². The average Bonchev–Trinajstić information content (AvgIpc) is 2.55.